The van der Waals surface area contributed by atoms with Crippen molar-refractivity contribution in [2.75, 3.05) is 0 Å². The molecule has 0 N–H and O–H groups in total. The van der Waals surface area contributed by atoms with Gasteiger partial charge < -0.3 is 0 Å². The first-order valence-electron chi connectivity index (χ1n) is 5.90. The summed E-state index contributed by atoms with van der Waals surface area (Å²) in [6.45, 7) is 1.49. The highest BCUT2D eigenvalue weighted by atomic mass is 19.1. The molecule has 3 rings (SSSR count). The summed E-state index contributed by atoms with van der Waals surface area (Å²) in [5, 5.41) is 0.858. The molecule has 1 aromatic carbocycles. The zero-order chi connectivity index (χ0) is 13.4. The Morgan fingerprint density at radius 1 is 1.21 bits per heavy atom. The molecule has 0 saturated carbocycles. The van der Waals surface area contributed by atoms with Crippen molar-refractivity contribution in [2.24, 2.45) is 0 Å². The van der Waals surface area contributed by atoms with Gasteiger partial charge in [0.25, 0.3) is 0 Å². The van der Waals surface area contributed by atoms with Gasteiger partial charge in [-0.2, -0.15) is 0 Å². The van der Waals surface area contributed by atoms with Crippen LogP contribution in [0.4, 0.5) is 4.39 Å². The molecule has 0 fully saturated rings. The summed E-state index contributed by atoms with van der Waals surface area (Å²) < 4.78 is 15.1. The van der Waals surface area contributed by atoms with Crippen molar-refractivity contribution in [1.29, 1.82) is 0 Å². The molecule has 4 heteroatoms. The SMILES string of the molecule is CC(=O)c1cc2cccnc2n1-c1cccc(F)c1. The molecule has 0 radical (unpaired) electrons. The highest BCUT2D eigenvalue weighted by Crippen LogP contribution is 2.23. The second-order valence-electron chi connectivity index (χ2n) is 4.32. The van der Waals surface area contributed by atoms with E-state index in [0.29, 0.717) is 17.0 Å². The quantitative estimate of drug-likeness (QED) is 0.657. The average Bonchev–Trinajstić information content (AvgIpc) is 2.78. The first-order chi connectivity index (χ1) is 9.16. The lowest BCUT2D eigenvalue weighted by atomic mass is 10.2. The number of fused-ring (bicyclic) bond motifs is 1. The molecule has 0 aliphatic rings. The molecule has 0 aliphatic carbocycles. The van der Waals surface area contributed by atoms with Crippen molar-refractivity contribution in [3.8, 4) is 5.69 Å². The molecular weight excluding hydrogens is 243 g/mol. The second kappa shape index (κ2) is 4.31. The fourth-order valence-corrected chi connectivity index (χ4v) is 2.17. The highest BCUT2D eigenvalue weighted by Gasteiger charge is 2.14. The van der Waals surface area contributed by atoms with Gasteiger partial charge in [-0.05, 0) is 36.4 Å². The summed E-state index contributed by atoms with van der Waals surface area (Å²) in [6, 6.07) is 11.6. The fraction of sp³-hybridized carbons (Fsp3) is 0.0667. The number of benzene rings is 1. The van der Waals surface area contributed by atoms with Gasteiger partial charge in [0.05, 0.1) is 11.4 Å². The predicted molar refractivity (Wildman–Crippen MR) is 71.0 cm³/mol. The van der Waals surface area contributed by atoms with Gasteiger partial charge in [0.1, 0.15) is 11.5 Å². The van der Waals surface area contributed by atoms with E-state index in [-0.39, 0.29) is 11.6 Å². The lowest BCUT2D eigenvalue weighted by molar-refractivity contribution is 0.101. The summed E-state index contributed by atoms with van der Waals surface area (Å²) >= 11 is 0. The van der Waals surface area contributed by atoms with Crippen LogP contribution >= 0.6 is 0 Å². The minimum Gasteiger partial charge on any atom is -0.293 e. The molecule has 2 aromatic heterocycles. The normalized spacial score (nSPS) is 10.8. The molecule has 0 saturated heterocycles. The smallest absolute Gasteiger partial charge is 0.176 e. The van der Waals surface area contributed by atoms with E-state index >= 15 is 0 Å². The van der Waals surface area contributed by atoms with Crippen LogP contribution in [-0.2, 0) is 0 Å². The van der Waals surface area contributed by atoms with Crippen molar-refractivity contribution in [2.45, 2.75) is 6.92 Å². The Balaban J connectivity index is 2.38. The third-order valence-electron chi connectivity index (χ3n) is 2.99. The summed E-state index contributed by atoms with van der Waals surface area (Å²) in [5.41, 5.74) is 1.75. The Labute approximate surface area is 109 Å². The highest BCUT2D eigenvalue weighted by molar-refractivity contribution is 5.98. The van der Waals surface area contributed by atoms with E-state index in [1.807, 2.05) is 12.1 Å². The zero-order valence-electron chi connectivity index (χ0n) is 10.3. The number of Topliss-reactive ketones (excluding diaryl/α,β-unsaturated/α-hetero) is 1. The van der Waals surface area contributed by atoms with E-state index < -0.39 is 0 Å². The molecule has 0 amide bonds. The standard InChI is InChI=1S/C15H11FN2O/c1-10(19)14-8-11-4-3-7-17-15(11)18(14)13-6-2-5-12(16)9-13/h2-9H,1H3. The van der Waals surface area contributed by atoms with Crippen LogP contribution in [0, 0.1) is 5.82 Å². The average molecular weight is 254 g/mol. The van der Waals surface area contributed by atoms with Crippen LogP contribution in [0.3, 0.4) is 0 Å². The van der Waals surface area contributed by atoms with Crippen molar-refractivity contribution in [3.63, 3.8) is 0 Å². The maximum Gasteiger partial charge on any atom is 0.176 e. The second-order valence-corrected chi connectivity index (χ2v) is 4.32. The molecule has 94 valence electrons. The Morgan fingerprint density at radius 3 is 2.79 bits per heavy atom. The number of carbonyl (C=O) groups excluding carboxylic acids is 1. The largest absolute Gasteiger partial charge is 0.293 e. The van der Waals surface area contributed by atoms with E-state index in [1.54, 1.807) is 29.0 Å². The van der Waals surface area contributed by atoms with E-state index in [4.69, 9.17) is 0 Å². The van der Waals surface area contributed by atoms with E-state index in [2.05, 4.69) is 4.98 Å². The van der Waals surface area contributed by atoms with E-state index in [0.717, 1.165) is 5.39 Å². The topological polar surface area (TPSA) is 34.9 Å². The minimum absolute atomic E-state index is 0.0812. The van der Waals surface area contributed by atoms with Gasteiger partial charge in [0.15, 0.2) is 5.78 Å². The number of rotatable bonds is 2. The van der Waals surface area contributed by atoms with Crippen LogP contribution in [-0.4, -0.2) is 15.3 Å². The van der Waals surface area contributed by atoms with Gasteiger partial charge in [0.2, 0.25) is 0 Å². The van der Waals surface area contributed by atoms with E-state index in [1.165, 1.54) is 19.1 Å². The summed E-state index contributed by atoms with van der Waals surface area (Å²) in [6.07, 6.45) is 1.65. The summed E-state index contributed by atoms with van der Waals surface area (Å²) in [7, 11) is 0. The number of pyridine rings is 1. The Morgan fingerprint density at radius 2 is 2.05 bits per heavy atom. The summed E-state index contributed by atoms with van der Waals surface area (Å²) in [5.74, 6) is -0.424. The minimum atomic E-state index is -0.343. The maximum atomic E-state index is 13.4. The first kappa shape index (κ1) is 11.6. The molecular formula is C15H11FN2O. The van der Waals surface area contributed by atoms with Gasteiger partial charge in [-0.25, -0.2) is 9.37 Å². The van der Waals surface area contributed by atoms with Crippen molar-refractivity contribution in [1.82, 2.24) is 9.55 Å². The van der Waals surface area contributed by atoms with Crippen LogP contribution in [0.5, 0.6) is 0 Å². The molecule has 0 bridgehead atoms. The molecule has 0 aliphatic heterocycles. The van der Waals surface area contributed by atoms with Crippen LogP contribution in [0.15, 0.2) is 48.7 Å². The fourth-order valence-electron chi connectivity index (χ4n) is 2.17. The number of halogens is 1. The number of hydrogen-bond donors (Lipinski definition) is 0. The van der Waals surface area contributed by atoms with Gasteiger partial charge in [-0.1, -0.05) is 6.07 Å². The Hall–Kier alpha value is -2.49. The van der Waals surface area contributed by atoms with Gasteiger partial charge in [-0.3, -0.25) is 9.36 Å². The van der Waals surface area contributed by atoms with Gasteiger partial charge >= 0.3 is 0 Å². The number of hydrogen-bond acceptors (Lipinski definition) is 2. The van der Waals surface area contributed by atoms with Crippen molar-refractivity contribution in [3.05, 3.63) is 60.2 Å². The lowest BCUT2D eigenvalue weighted by Gasteiger charge is -2.08. The van der Waals surface area contributed by atoms with Gasteiger partial charge in [-0.15, -0.1) is 0 Å². The van der Waals surface area contributed by atoms with Crippen LogP contribution in [0.1, 0.15) is 17.4 Å². The molecule has 0 unspecified atom stereocenters. The number of carbonyl (C=O) groups is 1. The molecule has 3 nitrogen and oxygen atoms in total. The molecule has 3 aromatic rings. The predicted octanol–water partition coefficient (Wildman–Crippen LogP) is 3.37. The number of aromatic nitrogens is 2. The molecule has 19 heavy (non-hydrogen) atoms. The monoisotopic (exact) mass is 254 g/mol. The Bertz CT molecular complexity index is 777. The Kier molecular flexibility index (Phi) is 2.63. The van der Waals surface area contributed by atoms with Crippen molar-refractivity contribution >= 4 is 16.8 Å². The van der Waals surface area contributed by atoms with Crippen LogP contribution < -0.4 is 0 Å². The van der Waals surface area contributed by atoms with E-state index in [9.17, 15) is 9.18 Å². The number of nitrogens with zero attached hydrogens (tertiary/aromatic N) is 2. The third kappa shape index (κ3) is 1.91. The van der Waals surface area contributed by atoms with Gasteiger partial charge in [0, 0.05) is 18.5 Å². The summed E-state index contributed by atoms with van der Waals surface area (Å²) in [4.78, 5) is 16.0. The van der Waals surface area contributed by atoms with Crippen molar-refractivity contribution < 1.29 is 9.18 Å². The zero-order valence-corrected chi connectivity index (χ0v) is 10.3. The van der Waals surface area contributed by atoms with Crippen LogP contribution in [0.25, 0.3) is 16.7 Å². The first-order valence-corrected chi connectivity index (χ1v) is 5.90. The van der Waals surface area contributed by atoms with Crippen LogP contribution in [0.2, 0.25) is 0 Å². The number of ketones is 1. The molecule has 0 atom stereocenters. The third-order valence-corrected chi connectivity index (χ3v) is 2.99. The maximum absolute atomic E-state index is 13.4. The molecule has 2 heterocycles. The lowest BCUT2D eigenvalue weighted by Crippen LogP contribution is -2.05. The molecule has 0 spiro atoms.